The summed E-state index contributed by atoms with van der Waals surface area (Å²) in [6.45, 7) is 10.2. The molecule has 138 valence electrons. The van der Waals surface area contributed by atoms with Gasteiger partial charge in [0, 0.05) is 5.41 Å². The van der Waals surface area contributed by atoms with Crippen molar-refractivity contribution in [3.8, 4) is 0 Å². The highest BCUT2D eigenvalue weighted by Crippen LogP contribution is 2.40. The molecule has 0 spiro atoms. The fourth-order valence-electron chi connectivity index (χ4n) is 3.60. The van der Waals surface area contributed by atoms with Crippen LogP contribution in [-0.2, 0) is 9.47 Å². The predicted octanol–water partition coefficient (Wildman–Crippen LogP) is 4.23. The zero-order valence-corrected chi connectivity index (χ0v) is 15.8. The van der Waals surface area contributed by atoms with Gasteiger partial charge < -0.3 is 19.7 Å². The maximum atomic E-state index is 10.3. The van der Waals surface area contributed by atoms with Crippen molar-refractivity contribution in [1.82, 2.24) is 0 Å². The molecule has 0 bridgehead atoms. The molecule has 4 nitrogen and oxygen atoms in total. The number of hydrogen-bond donors (Lipinski definition) is 2. The van der Waals surface area contributed by atoms with Crippen LogP contribution in [0.1, 0.15) is 86.0 Å². The third kappa shape index (κ3) is 5.70. The van der Waals surface area contributed by atoms with Gasteiger partial charge in [0.25, 0.3) is 0 Å². The van der Waals surface area contributed by atoms with E-state index in [9.17, 15) is 10.2 Å². The van der Waals surface area contributed by atoms with Crippen LogP contribution < -0.4 is 0 Å². The third-order valence-corrected chi connectivity index (χ3v) is 5.89. The maximum absolute atomic E-state index is 10.3. The van der Waals surface area contributed by atoms with Gasteiger partial charge in [0.15, 0.2) is 12.6 Å². The van der Waals surface area contributed by atoms with Crippen LogP contribution in [-0.4, -0.2) is 35.0 Å². The van der Waals surface area contributed by atoms with Crippen LogP contribution in [0.3, 0.4) is 0 Å². The molecular formula is C19H38O4. The minimum absolute atomic E-state index is 0.0130. The van der Waals surface area contributed by atoms with E-state index in [2.05, 4.69) is 13.8 Å². The molecule has 1 rings (SSSR count). The molecule has 0 saturated heterocycles. The largest absolute Gasteiger partial charge is 0.367 e. The molecule has 2 atom stereocenters. The topological polar surface area (TPSA) is 58.9 Å². The number of ether oxygens (including phenoxy) is 2. The summed E-state index contributed by atoms with van der Waals surface area (Å²) in [4.78, 5) is 0. The van der Waals surface area contributed by atoms with E-state index in [0.29, 0.717) is 5.92 Å². The molecule has 1 saturated carbocycles. The number of rotatable bonds is 10. The van der Waals surface area contributed by atoms with Crippen molar-refractivity contribution < 1.29 is 19.7 Å². The molecule has 0 heterocycles. The molecule has 23 heavy (non-hydrogen) atoms. The zero-order valence-electron chi connectivity index (χ0n) is 15.8. The fourth-order valence-corrected chi connectivity index (χ4v) is 3.60. The third-order valence-electron chi connectivity index (χ3n) is 5.89. The average molecular weight is 331 g/mol. The summed E-state index contributed by atoms with van der Waals surface area (Å²) in [7, 11) is 0. The Morgan fingerprint density at radius 2 is 1.52 bits per heavy atom. The van der Waals surface area contributed by atoms with Crippen LogP contribution in [0.5, 0.6) is 0 Å². The molecule has 0 aliphatic heterocycles. The van der Waals surface area contributed by atoms with Crippen LogP contribution in [0.15, 0.2) is 0 Å². The highest BCUT2D eigenvalue weighted by atomic mass is 16.7. The second-order valence-electron chi connectivity index (χ2n) is 7.71. The van der Waals surface area contributed by atoms with E-state index in [1.165, 1.54) is 32.1 Å². The van der Waals surface area contributed by atoms with E-state index >= 15 is 0 Å². The smallest absolute Gasteiger partial charge is 0.178 e. The van der Waals surface area contributed by atoms with Crippen LogP contribution in [0, 0.1) is 11.3 Å². The van der Waals surface area contributed by atoms with E-state index in [1.54, 1.807) is 0 Å². The lowest BCUT2D eigenvalue weighted by Crippen LogP contribution is -2.45. The van der Waals surface area contributed by atoms with Crippen molar-refractivity contribution >= 4 is 0 Å². The second-order valence-corrected chi connectivity index (χ2v) is 7.71. The van der Waals surface area contributed by atoms with E-state index in [4.69, 9.17) is 9.47 Å². The van der Waals surface area contributed by atoms with Gasteiger partial charge >= 0.3 is 0 Å². The van der Waals surface area contributed by atoms with Crippen molar-refractivity contribution in [2.75, 3.05) is 6.61 Å². The molecule has 4 heteroatoms. The molecule has 2 N–H and O–H groups in total. The number of hydrogen-bond acceptors (Lipinski definition) is 4. The quantitative estimate of drug-likeness (QED) is 0.588. The van der Waals surface area contributed by atoms with Crippen molar-refractivity contribution in [2.24, 2.45) is 11.3 Å². The van der Waals surface area contributed by atoms with Gasteiger partial charge in [-0.3, -0.25) is 0 Å². The normalized spacial score (nSPS) is 20.5. The summed E-state index contributed by atoms with van der Waals surface area (Å²) in [6.07, 6.45) is 6.91. The van der Waals surface area contributed by atoms with Gasteiger partial charge in [0.05, 0.1) is 5.60 Å². The van der Waals surface area contributed by atoms with Crippen molar-refractivity contribution in [3.05, 3.63) is 0 Å². The SMILES string of the molecule is CCC(CC)(OC(O)CO[C@@H](O)C(C)(C)CC)C1CCCCC1. The van der Waals surface area contributed by atoms with Gasteiger partial charge in [-0.2, -0.15) is 0 Å². The second kappa shape index (κ2) is 9.36. The molecule has 0 amide bonds. The van der Waals surface area contributed by atoms with E-state index in [0.717, 1.165) is 19.3 Å². The first kappa shape index (κ1) is 20.9. The Morgan fingerprint density at radius 1 is 0.957 bits per heavy atom. The first-order valence-corrected chi connectivity index (χ1v) is 9.46. The minimum Gasteiger partial charge on any atom is -0.367 e. The standard InChI is InChI=1S/C19H38O4/c1-6-18(4,5)17(21)22-14-16(20)23-19(7-2,8-3)15-12-10-9-11-13-15/h15-17,20-21H,6-14H2,1-5H3/t16?,17-/m1/s1. The van der Waals surface area contributed by atoms with Crippen LogP contribution >= 0.6 is 0 Å². The van der Waals surface area contributed by atoms with Crippen molar-refractivity contribution in [2.45, 2.75) is 104 Å². The van der Waals surface area contributed by atoms with Gasteiger partial charge in [0.1, 0.15) is 6.61 Å². The zero-order chi connectivity index (χ0) is 17.5. The predicted molar refractivity (Wildman–Crippen MR) is 93.0 cm³/mol. The highest BCUT2D eigenvalue weighted by molar-refractivity contribution is 4.88. The molecule has 1 aliphatic carbocycles. The summed E-state index contributed by atoms with van der Waals surface area (Å²) in [5.41, 5.74) is -0.593. The lowest BCUT2D eigenvalue weighted by Gasteiger charge is -2.43. The van der Waals surface area contributed by atoms with Crippen molar-refractivity contribution in [3.63, 3.8) is 0 Å². The van der Waals surface area contributed by atoms with Crippen molar-refractivity contribution in [1.29, 1.82) is 0 Å². The molecule has 1 aliphatic rings. The minimum atomic E-state index is -0.987. The number of aliphatic hydroxyl groups is 2. The van der Waals surface area contributed by atoms with Gasteiger partial charge in [-0.15, -0.1) is 0 Å². The average Bonchev–Trinajstić information content (AvgIpc) is 2.58. The Morgan fingerprint density at radius 3 is 2.00 bits per heavy atom. The van der Waals surface area contributed by atoms with Gasteiger partial charge in [-0.1, -0.05) is 53.9 Å². The Hall–Kier alpha value is -0.160. The van der Waals surface area contributed by atoms with Gasteiger partial charge in [-0.05, 0) is 38.0 Å². The Balaban J connectivity index is 2.58. The Labute approximate surface area is 142 Å². The van der Waals surface area contributed by atoms with Crippen LogP contribution in [0.4, 0.5) is 0 Å². The summed E-state index contributed by atoms with van der Waals surface area (Å²) in [5, 5.41) is 20.4. The van der Waals surface area contributed by atoms with Gasteiger partial charge in [-0.25, -0.2) is 0 Å². The first-order valence-electron chi connectivity index (χ1n) is 9.46. The number of aliphatic hydroxyl groups excluding tert-OH is 2. The molecule has 1 fully saturated rings. The molecular weight excluding hydrogens is 292 g/mol. The summed E-state index contributed by atoms with van der Waals surface area (Å²) < 4.78 is 11.6. The Bertz CT molecular complexity index is 319. The monoisotopic (exact) mass is 330 g/mol. The molecule has 0 aromatic heterocycles. The van der Waals surface area contributed by atoms with E-state index < -0.39 is 12.6 Å². The van der Waals surface area contributed by atoms with Crippen LogP contribution in [0.2, 0.25) is 0 Å². The molecule has 1 unspecified atom stereocenters. The molecule has 0 aromatic carbocycles. The molecule has 0 aromatic rings. The van der Waals surface area contributed by atoms with E-state index in [1.807, 2.05) is 20.8 Å². The summed E-state index contributed by atoms with van der Waals surface area (Å²) in [5.74, 6) is 0.512. The Kier molecular flexibility index (Phi) is 8.50. The maximum Gasteiger partial charge on any atom is 0.178 e. The van der Waals surface area contributed by atoms with E-state index in [-0.39, 0.29) is 17.6 Å². The molecule has 0 radical (unpaired) electrons. The summed E-state index contributed by atoms with van der Waals surface area (Å²) >= 11 is 0. The van der Waals surface area contributed by atoms with Gasteiger partial charge in [0.2, 0.25) is 0 Å². The first-order chi connectivity index (χ1) is 10.8. The summed E-state index contributed by atoms with van der Waals surface area (Å²) in [6, 6.07) is 0. The lowest BCUT2D eigenvalue weighted by molar-refractivity contribution is -0.259. The highest BCUT2D eigenvalue weighted by Gasteiger charge is 2.39. The lowest BCUT2D eigenvalue weighted by atomic mass is 9.74. The fraction of sp³-hybridized carbons (Fsp3) is 1.00. The van der Waals surface area contributed by atoms with Crippen LogP contribution in [0.25, 0.3) is 0 Å².